The zero-order valence-electron chi connectivity index (χ0n) is 14.6. The van der Waals surface area contributed by atoms with E-state index >= 15 is 0 Å². The molecule has 0 saturated carbocycles. The van der Waals surface area contributed by atoms with Crippen molar-refractivity contribution in [3.05, 3.63) is 41.3 Å². The predicted molar refractivity (Wildman–Crippen MR) is 94.2 cm³/mol. The van der Waals surface area contributed by atoms with Crippen LogP contribution < -0.4 is 5.32 Å². The highest BCUT2D eigenvalue weighted by Gasteiger charge is 2.28. The number of amides is 1. The highest BCUT2D eigenvalue weighted by Crippen LogP contribution is 2.22. The third-order valence-electron chi connectivity index (χ3n) is 4.64. The molecule has 0 radical (unpaired) electrons. The van der Waals surface area contributed by atoms with Gasteiger partial charge in [-0.3, -0.25) is 9.48 Å². The lowest BCUT2D eigenvalue weighted by atomic mass is 10.0. The smallest absolute Gasteiger partial charge is 0.255 e. The number of anilines is 1. The van der Waals surface area contributed by atoms with Crippen molar-refractivity contribution in [3.63, 3.8) is 0 Å². The van der Waals surface area contributed by atoms with E-state index in [9.17, 15) is 4.79 Å². The summed E-state index contributed by atoms with van der Waals surface area (Å²) >= 11 is 0. The number of nitrogens with one attached hydrogen (secondary N) is 1. The number of piperidine rings is 1. The van der Waals surface area contributed by atoms with Gasteiger partial charge in [0, 0.05) is 25.5 Å². The minimum atomic E-state index is 0.0661. The maximum absolute atomic E-state index is 12.9. The van der Waals surface area contributed by atoms with Crippen LogP contribution in [-0.4, -0.2) is 45.2 Å². The molecular formula is C18H25N5O. The molecule has 0 spiro atoms. The highest BCUT2D eigenvalue weighted by atomic mass is 16.2. The van der Waals surface area contributed by atoms with E-state index in [4.69, 9.17) is 0 Å². The van der Waals surface area contributed by atoms with Crippen LogP contribution in [0.3, 0.4) is 0 Å². The van der Waals surface area contributed by atoms with Crippen LogP contribution in [-0.2, 0) is 6.54 Å². The van der Waals surface area contributed by atoms with E-state index in [-0.39, 0.29) is 11.9 Å². The molecular weight excluding hydrogens is 302 g/mol. The summed E-state index contributed by atoms with van der Waals surface area (Å²) in [6.07, 6.45) is 4.89. The Kier molecular flexibility index (Phi) is 4.83. The van der Waals surface area contributed by atoms with Crippen LogP contribution in [0.1, 0.15) is 41.0 Å². The van der Waals surface area contributed by atoms with Crippen LogP contribution in [0.25, 0.3) is 0 Å². The minimum Gasteiger partial charge on any atom is -0.373 e. The lowest BCUT2D eigenvalue weighted by molar-refractivity contribution is 0.0582. The Morgan fingerprint density at radius 2 is 2.17 bits per heavy atom. The molecule has 3 heterocycles. The largest absolute Gasteiger partial charge is 0.373 e. The van der Waals surface area contributed by atoms with Crippen molar-refractivity contribution < 1.29 is 4.79 Å². The Labute approximate surface area is 142 Å². The van der Waals surface area contributed by atoms with Gasteiger partial charge in [-0.05, 0) is 51.3 Å². The van der Waals surface area contributed by atoms with Gasteiger partial charge < -0.3 is 10.2 Å². The molecule has 1 amide bonds. The van der Waals surface area contributed by atoms with Crippen LogP contribution in [0.4, 0.5) is 5.82 Å². The van der Waals surface area contributed by atoms with Gasteiger partial charge in [0.15, 0.2) is 0 Å². The molecule has 1 aliphatic heterocycles. The number of aryl methyl sites for hydroxylation is 2. The minimum absolute atomic E-state index is 0.0661. The van der Waals surface area contributed by atoms with E-state index < -0.39 is 0 Å². The number of carbonyl (C=O) groups excluding carboxylic acids is 1. The summed E-state index contributed by atoms with van der Waals surface area (Å²) in [5, 5.41) is 7.53. The maximum atomic E-state index is 12.9. The van der Waals surface area contributed by atoms with Gasteiger partial charge in [0.05, 0.1) is 23.8 Å². The van der Waals surface area contributed by atoms with Crippen molar-refractivity contribution in [2.24, 2.45) is 0 Å². The quantitative estimate of drug-likeness (QED) is 0.938. The monoisotopic (exact) mass is 327 g/mol. The topological polar surface area (TPSA) is 63.1 Å². The summed E-state index contributed by atoms with van der Waals surface area (Å²) in [5.74, 6) is 0.834. The van der Waals surface area contributed by atoms with Crippen molar-refractivity contribution in [1.29, 1.82) is 0 Å². The molecule has 1 aliphatic rings. The van der Waals surface area contributed by atoms with E-state index in [1.165, 1.54) is 0 Å². The molecule has 1 N–H and O–H groups in total. The number of pyridine rings is 1. The number of nitrogens with zero attached hydrogens (tertiary/aromatic N) is 4. The second-order valence-electron chi connectivity index (χ2n) is 6.44. The standard InChI is InChI=1S/C18H25N5O/c1-13-10-14(2)23(21-13)12-16-6-4-5-9-22(16)18(24)15-7-8-17(19-3)20-11-15/h7-8,10-11,16H,4-6,9,12H2,1-3H3,(H,19,20). The Morgan fingerprint density at radius 3 is 2.79 bits per heavy atom. The molecule has 1 unspecified atom stereocenters. The Morgan fingerprint density at radius 1 is 1.33 bits per heavy atom. The van der Waals surface area contributed by atoms with Gasteiger partial charge in [-0.15, -0.1) is 0 Å². The maximum Gasteiger partial charge on any atom is 0.255 e. The van der Waals surface area contributed by atoms with Gasteiger partial charge in [-0.25, -0.2) is 4.98 Å². The fraction of sp³-hybridized carbons (Fsp3) is 0.500. The van der Waals surface area contributed by atoms with Gasteiger partial charge in [0.1, 0.15) is 5.82 Å². The van der Waals surface area contributed by atoms with Gasteiger partial charge in [0.2, 0.25) is 0 Å². The average molecular weight is 327 g/mol. The fourth-order valence-corrected chi connectivity index (χ4v) is 3.35. The third-order valence-corrected chi connectivity index (χ3v) is 4.64. The molecule has 2 aromatic rings. The molecule has 1 atom stereocenters. The SMILES string of the molecule is CNc1ccc(C(=O)N2CCCCC2Cn2nc(C)cc2C)cn1. The fourth-order valence-electron chi connectivity index (χ4n) is 3.35. The van der Waals surface area contributed by atoms with Crippen LogP contribution in [0.2, 0.25) is 0 Å². The van der Waals surface area contributed by atoms with Crippen LogP contribution >= 0.6 is 0 Å². The highest BCUT2D eigenvalue weighted by molar-refractivity contribution is 5.94. The summed E-state index contributed by atoms with van der Waals surface area (Å²) in [6, 6.07) is 5.95. The number of rotatable bonds is 4. The summed E-state index contributed by atoms with van der Waals surface area (Å²) in [7, 11) is 1.82. The normalized spacial score (nSPS) is 17.8. The van der Waals surface area contributed by atoms with E-state index in [1.54, 1.807) is 6.20 Å². The number of likely N-dealkylation sites (tertiary alicyclic amines) is 1. The summed E-state index contributed by atoms with van der Waals surface area (Å²) in [6.45, 7) is 5.63. The first-order valence-electron chi connectivity index (χ1n) is 8.54. The molecule has 0 bridgehead atoms. The number of carbonyl (C=O) groups is 1. The molecule has 6 nitrogen and oxygen atoms in total. The van der Waals surface area contributed by atoms with E-state index in [2.05, 4.69) is 28.4 Å². The van der Waals surface area contributed by atoms with Crippen LogP contribution in [0.5, 0.6) is 0 Å². The van der Waals surface area contributed by atoms with E-state index in [1.807, 2.05) is 35.7 Å². The van der Waals surface area contributed by atoms with E-state index in [0.717, 1.165) is 49.6 Å². The lowest BCUT2D eigenvalue weighted by Crippen LogP contribution is -2.46. The first kappa shape index (κ1) is 16.5. The molecule has 0 aromatic carbocycles. The Balaban J connectivity index is 1.78. The summed E-state index contributed by atoms with van der Waals surface area (Å²) < 4.78 is 2.02. The van der Waals surface area contributed by atoms with Crippen molar-refractivity contribution in [1.82, 2.24) is 19.7 Å². The van der Waals surface area contributed by atoms with Crippen LogP contribution in [0.15, 0.2) is 24.4 Å². The zero-order chi connectivity index (χ0) is 17.1. The van der Waals surface area contributed by atoms with Gasteiger partial charge in [-0.1, -0.05) is 0 Å². The van der Waals surface area contributed by atoms with Crippen molar-refractivity contribution in [2.45, 2.75) is 45.7 Å². The first-order chi connectivity index (χ1) is 11.6. The molecule has 24 heavy (non-hydrogen) atoms. The van der Waals surface area contributed by atoms with E-state index in [0.29, 0.717) is 5.56 Å². The molecule has 128 valence electrons. The average Bonchev–Trinajstić information content (AvgIpc) is 2.92. The molecule has 3 rings (SSSR count). The zero-order valence-corrected chi connectivity index (χ0v) is 14.6. The van der Waals surface area contributed by atoms with Gasteiger partial charge in [0.25, 0.3) is 5.91 Å². The van der Waals surface area contributed by atoms with Crippen LogP contribution in [0, 0.1) is 13.8 Å². The second-order valence-corrected chi connectivity index (χ2v) is 6.44. The van der Waals surface area contributed by atoms with Crippen molar-refractivity contribution >= 4 is 11.7 Å². The molecule has 1 saturated heterocycles. The predicted octanol–water partition coefficient (Wildman–Crippen LogP) is 2.63. The Bertz CT molecular complexity index is 707. The molecule has 6 heteroatoms. The third kappa shape index (κ3) is 3.42. The molecule has 2 aromatic heterocycles. The first-order valence-corrected chi connectivity index (χ1v) is 8.54. The lowest BCUT2D eigenvalue weighted by Gasteiger charge is -2.36. The molecule has 0 aliphatic carbocycles. The van der Waals surface area contributed by atoms with Crippen molar-refractivity contribution in [2.75, 3.05) is 18.9 Å². The number of hydrogen-bond acceptors (Lipinski definition) is 4. The second kappa shape index (κ2) is 7.03. The van der Waals surface area contributed by atoms with Crippen molar-refractivity contribution in [3.8, 4) is 0 Å². The molecule has 1 fully saturated rings. The summed E-state index contributed by atoms with van der Waals surface area (Å²) in [5.41, 5.74) is 2.81. The number of aromatic nitrogens is 3. The van der Waals surface area contributed by atoms with Gasteiger partial charge >= 0.3 is 0 Å². The summed E-state index contributed by atoms with van der Waals surface area (Å²) in [4.78, 5) is 19.2. The number of hydrogen-bond donors (Lipinski definition) is 1. The Hall–Kier alpha value is -2.37. The van der Waals surface area contributed by atoms with Gasteiger partial charge in [-0.2, -0.15) is 5.10 Å².